The summed E-state index contributed by atoms with van der Waals surface area (Å²) in [5.41, 5.74) is 3.05. The molecule has 1 atom stereocenters. The summed E-state index contributed by atoms with van der Waals surface area (Å²) < 4.78 is 19.4. The number of phenolic OH excluding ortho intramolecular Hbond substituents is 1. The molecule has 0 spiro atoms. The molecule has 0 radical (unpaired) electrons. The Morgan fingerprint density at radius 3 is 2.83 bits per heavy atom. The van der Waals surface area contributed by atoms with Crippen molar-refractivity contribution in [3.05, 3.63) is 95.3 Å². The number of methoxy groups -OCH3 is 1. The van der Waals surface area contributed by atoms with Gasteiger partial charge in [0.1, 0.15) is 23.8 Å². The number of benzene rings is 3. The molecule has 2 N–H and O–H groups in total. The van der Waals surface area contributed by atoms with Crippen LogP contribution in [0.3, 0.4) is 0 Å². The zero-order valence-corrected chi connectivity index (χ0v) is 22.6. The molecule has 10 nitrogen and oxygen atoms in total. The highest BCUT2D eigenvalue weighted by Gasteiger charge is 2.33. The largest absolute Gasteiger partial charge is 0.507 e. The standard InChI is InChI=1S/C31H30N4O6/c1-39-27-9-4-21-17-28(27)40-15-3-11-32-31(38)25-18-23(6-8-26(25)36)41-22-5-7-24-20(16-22)10-14-35(30(21)24)29(37)19-34-13-2-12-33-34/h2,4-9,12-13,16-18,30,36H,3,10-11,14-15,19H2,1H3,(H,32,38). The summed E-state index contributed by atoms with van der Waals surface area (Å²) in [6.45, 7) is 1.30. The second-order valence-electron chi connectivity index (χ2n) is 9.95. The Hall–Kier alpha value is -4.99. The second kappa shape index (κ2) is 11.2. The van der Waals surface area contributed by atoms with Gasteiger partial charge in [-0.05, 0) is 78.1 Å². The molecule has 1 unspecified atom stereocenters. The van der Waals surface area contributed by atoms with E-state index in [1.54, 1.807) is 36.3 Å². The van der Waals surface area contributed by atoms with E-state index in [4.69, 9.17) is 14.2 Å². The molecule has 4 aromatic rings. The van der Waals surface area contributed by atoms with Crippen molar-refractivity contribution in [2.45, 2.75) is 25.4 Å². The van der Waals surface area contributed by atoms with Gasteiger partial charge in [-0.25, -0.2) is 0 Å². The molecule has 41 heavy (non-hydrogen) atoms. The summed E-state index contributed by atoms with van der Waals surface area (Å²) >= 11 is 0. The lowest BCUT2D eigenvalue weighted by Crippen LogP contribution is -2.42. The number of aromatic nitrogens is 2. The fourth-order valence-corrected chi connectivity index (χ4v) is 5.34. The number of nitrogens with zero attached hydrogens (tertiary/aromatic N) is 3. The maximum Gasteiger partial charge on any atom is 0.255 e. The van der Waals surface area contributed by atoms with Crippen molar-refractivity contribution in [3.63, 3.8) is 0 Å². The van der Waals surface area contributed by atoms with Crippen molar-refractivity contribution in [2.75, 3.05) is 26.8 Å². The molecule has 210 valence electrons. The molecule has 10 heteroatoms. The van der Waals surface area contributed by atoms with Gasteiger partial charge in [-0.15, -0.1) is 0 Å². The fourth-order valence-electron chi connectivity index (χ4n) is 5.34. The third-order valence-corrected chi connectivity index (χ3v) is 7.34. The van der Waals surface area contributed by atoms with Crippen molar-refractivity contribution in [1.29, 1.82) is 0 Å². The van der Waals surface area contributed by atoms with Crippen LogP contribution in [-0.2, 0) is 17.8 Å². The van der Waals surface area contributed by atoms with Crippen LogP contribution in [0.1, 0.15) is 39.5 Å². The number of rotatable bonds is 3. The summed E-state index contributed by atoms with van der Waals surface area (Å²) in [6.07, 6.45) is 4.60. The van der Waals surface area contributed by atoms with Gasteiger partial charge in [0.05, 0.1) is 25.3 Å². The van der Waals surface area contributed by atoms with E-state index in [9.17, 15) is 14.7 Å². The monoisotopic (exact) mass is 554 g/mol. The number of hydrogen-bond donors (Lipinski definition) is 2. The molecular weight excluding hydrogens is 524 g/mol. The molecule has 2 amide bonds. The highest BCUT2D eigenvalue weighted by molar-refractivity contribution is 5.97. The predicted molar refractivity (Wildman–Crippen MR) is 150 cm³/mol. The van der Waals surface area contributed by atoms with Gasteiger partial charge >= 0.3 is 0 Å². The van der Waals surface area contributed by atoms with Gasteiger partial charge in [0, 0.05) is 25.5 Å². The van der Waals surface area contributed by atoms with Crippen LogP contribution < -0.4 is 19.5 Å². The van der Waals surface area contributed by atoms with Crippen LogP contribution in [0.4, 0.5) is 0 Å². The molecule has 0 fully saturated rings. The number of phenols is 1. The molecule has 3 aromatic carbocycles. The summed E-state index contributed by atoms with van der Waals surface area (Å²) in [5.74, 6) is 1.57. The highest BCUT2D eigenvalue weighted by Crippen LogP contribution is 2.41. The van der Waals surface area contributed by atoms with Gasteiger partial charge in [-0.1, -0.05) is 12.1 Å². The van der Waals surface area contributed by atoms with Crippen LogP contribution in [0.25, 0.3) is 0 Å². The third-order valence-electron chi connectivity index (χ3n) is 7.34. The number of fused-ring (bicyclic) bond motifs is 6. The maximum atomic E-state index is 13.6. The summed E-state index contributed by atoms with van der Waals surface area (Å²) in [7, 11) is 1.58. The van der Waals surface area contributed by atoms with E-state index in [1.807, 2.05) is 41.3 Å². The Bertz CT molecular complexity index is 1590. The molecule has 7 rings (SSSR count). The summed E-state index contributed by atoms with van der Waals surface area (Å²) in [5, 5.41) is 17.3. The van der Waals surface area contributed by atoms with Crippen molar-refractivity contribution >= 4 is 11.8 Å². The van der Waals surface area contributed by atoms with E-state index in [-0.39, 0.29) is 29.8 Å². The van der Waals surface area contributed by atoms with Crippen LogP contribution in [-0.4, -0.2) is 58.4 Å². The van der Waals surface area contributed by atoms with Crippen LogP contribution in [0.5, 0.6) is 28.7 Å². The molecule has 0 aliphatic carbocycles. The zero-order chi connectivity index (χ0) is 28.3. The minimum Gasteiger partial charge on any atom is -0.507 e. The lowest BCUT2D eigenvalue weighted by atomic mass is 9.87. The molecule has 3 aliphatic heterocycles. The molecule has 1 aromatic heterocycles. The predicted octanol–water partition coefficient (Wildman–Crippen LogP) is 4.08. The molecule has 0 saturated heterocycles. The van der Waals surface area contributed by atoms with Crippen LogP contribution in [0.15, 0.2) is 73.1 Å². The van der Waals surface area contributed by atoms with Crippen molar-refractivity contribution in [2.24, 2.45) is 0 Å². The van der Waals surface area contributed by atoms with Gasteiger partial charge in [-0.3, -0.25) is 14.3 Å². The first-order valence-electron chi connectivity index (χ1n) is 13.5. The number of ether oxygens (including phenoxy) is 3. The van der Waals surface area contributed by atoms with Crippen LogP contribution in [0, 0.1) is 0 Å². The molecule has 3 aliphatic rings. The summed E-state index contributed by atoms with van der Waals surface area (Å²) in [4.78, 5) is 28.3. The van der Waals surface area contributed by atoms with Crippen molar-refractivity contribution in [1.82, 2.24) is 20.0 Å². The molecule has 0 saturated carbocycles. The smallest absolute Gasteiger partial charge is 0.255 e. The number of carbonyl (C=O) groups is 2. The first kappa shape index (κ1) is 26.2. The lowest BCUT2D eigenvalue weighted by Gasteiger charge is -2.38. The number of hydrogen-bond acceptors (Lipinski definition) is 7. The van der Waals surface area contributed by atoms with Crippen molar-refractivity contribution in [3.8, 4) is 28.7 Å². The number of aromatic hydroxyl groups is 1. The lowest BCUT2D eigenvalue weighted by molar-refractivity contribution is -0.134. The Labute approximate surface area is 237 Å². The van der Waals surface area contributed by atoms with Crippen molar-refractivity contribution < 1.29 is 28.9 Å². The number of carbonyl (C=O) groups excluding carboxylic acids is 2. The van der Waals surface area contributed by atoms with E-state index in [0.717, 1.165) is 16.7 Å². The maximum absolute atomic E-state index is 13.6. The average molecular weight is 555 g/mol. The quantitative estimate of drug-likeness (QED) is 0.392. The minimum atomic E-state index is -0.401. The van der Waals surface area contributed by atoms with Gasteiger partial charge in [0.15, 0.2) is 11.5 Å². The SMILES string of the molecule is COc1ccc2cc1OCCCNC(=O)c1cc(ccc1O)Oc1ccc3c(c1)CCN(C(=O)Cn1cccn1)C23. The van der Waals surface area contributed by atoms with E-state index in [0.29, 0.717) is 55.5 Å². The van der Waals surface area contributed by atoms with E-state index in [1.165, 1.54) is 12.1 Å². The van der Waals surface area contributed by atoms with Crippen LogP contribution in [0.2, 0.25) is 0 Å². The highest BCUT2D eigenvalue weighted by atomic mass is 16.5. The van der Waals surface area contributed by atoms with Crippen LogP contribution >= 0.6 is 0 Å². The van der Waals surface area contributed by atoms with Gasteiger partial charge in [-0.2, -0.15) is 5.10 Å². The third kappa shape index (κ3) is 5.41. The fraction of sp³-hybridized carbons (Fsp3) is 0.258. The second-order valence-corrected chi connectivity index (χ2v) is 9.95. The van der Waals surface area contributed by atoms with E-state index < -0.39 is 5.91 Å². The Kier molecular flexibility index (Phi) is 7.20. The van der Waals surface area contributed by atoms with Gasteiger partial charge in [0.2, 0.25) is 5.91 Å². The molecule has 8 bridgehead atoms. The summed E-state index contributed by atoms with van der Waals surface area (Å²) in [6, 6.07) is 17.6. The first-order valence-corrected chi connectivity index (χ1v) is 13.5. The van der Waals surface area contributed by atoms with E-state index >= 15 is 0 Å². The zero-order valence-electron chi connectivity index (χ0n) is 22.6. The van der Waals surface area contributed by atoms with E-state index in [2.05, 4.69) is 10.4 Å². The number of nitrogens with one attached hydrogen (secondary N) is 1. The molecule has 4 heterocycles. The topological polar surface area (TPSA) is 115 Å². The Morgan fingerprint density at radius 1 is 1.15 bits per heavy atom. The number of amides is 2. The molecular formula is C31H30N4O6. The van der Waals surface area contributed by atoms with Gasteiger partial charge < -0.3 is 29.5 Å². The average Bonchev–Trinajstić information content (AvgIpc) is 3.49. The Balaban J connectivity index is 1.43. The minimum absolute atomic E-state index is 0.0440. The first-order chi connectivity index (χ1) is 20.0. The normalized spacial score (nSPS) is 16.6. The Morgan fingerprint density at radius 2 is 2.00 bits per heavy atom. The van der Waals surface area contributed by atoms with Gasteiger partial charge in [0.25, 0.3) is 5.91 Å².